The molecule has 0 unspecified atom stereocenters. The van der Waals surface area contributed by atoms with E-state index in [-0.39, 0.29) is 17.1 Å². The second-order valence-electron chi connectivity index (χ2n) is 3.97. The van der Waals surface area contributed by atoms with Crippen LogP contribution in [0.25, 0.3) is 0 Å². The summed E-state index contributed by atoms with van der Waals surface area (Å²) in [6.45, 7) is 1.39. The van der Waals surface area contributed by atoms with E-state index in [1.165, 1.54) is 31.1 Å². The van der Waals surface area contributed by atoms with Gasteiger partial charge in [0, 0.05) is 23.4 Å². The number of carbonyl (C=O) groups is 1. The van der Waals surface area contributed by atoms with Crippen LogP contribution in [0, 0.1) is 0 Å². The van der Waals surface area contributed by atoms with Crippen molar-refractivity contribution >= 4 is 29.1 Å². The molecule has 0 aliphatic heterocycles. The number of nitrogens with zero attached hydrogens (tertiary/aromatic N) is 3. The van der Waals surface area contributed by atoms with E-state index < -0.39 is 0 Å². The van der Waals surface area contributed by atoms with Crippen molar-refractivity contribution in [2.24, 2.45) is 7.05 Å². The molecule has 0 saturated carbocycles. The topological polar surface area (TPSA) is 68.0 Å². The molecular formula is C12H12ClN3O2S. The fourth-order valence-corrected chi connectivity index (χ4v) is 2.69. The molecule has 1 N–H and O–H groups in total. The number of thioether (sulfide) groups is 1. The van der Waals surface area contributed by atoms with Crippen LogP contribution in [0.3, 0.4) is 0 Å². The number of aromatic hydroxyl groups is 1. The molecule has 0 aliphatic carbocycles. The van der Waals surface area contributed by atoms with Gasteiger partial charge < -0.3 is 5.11 Å². The van der Waals surface area contributed by atoms with Crippen LogP contribution < -0.4 is 0 Å². The number of hydrogen-bond acceptors (Lipinski definition) is 5. The SMILES string of the molecule is CC(=O)c1cc(Cl)cc(CSc2ncnn2C)c1O. The van der Waals surface area contributed by atoms with Crippen molar-refractivity contribution in [2.75, 3.05) is 0 Å². The Kier molecular flexibility index (Phi) is 4.11. The van der Waals surface area contributed by atoms with Crippen molar-refractivity contribution in [1.82, 2.24) is 14.8 Å². The molecule has 19 heavy (non-hydrogen) atoms. The molecule has 0 saturated heterocycles. The van der Waals surface area contributed by atoms with E-state index in [1.54, 1.807) is 17.8 Å². The number of benzene rings is 1. The van der Waals surface area contributed by atoms with Gasteiger partial charge in [-0.3, -0.25) is 4.79 Å². The minimum atomic E-state index is -0.218. The van der Waals surface area contributed by atoms with Crippen LogP contribution in [0.2, 0.25) is 5.02 Å². The highest BCUT2D eigenvalue weighted by Gasteiger charge is 2.14. The van der Waals surface area contributed by atoms with E-state index in [9.17, 15) is 9.90 Å². The summed E-state index contributed by atoms with van der Waals surface area (Å²) in [4.78, 5) is 15.5. The third-order valence-electron chi connectivity index (χ3n) is 2.56. The molecular weight excluding hydrogens is 286 g/mol. The van der Waals surface area contributed by atoms with Gasteiger partial charge in [0.2, 0.25) is 0 Å². The van der Waals surface area contributed by atoms with Gasteiger partial charge in [0.15, 0.2) is 10.9 Å². The van der Waals surface area contributed by atoms with Crippen molar-refractivity contribution in [2.45, 2.75) is 17.8 Å². The van der Waals surface area contributed by atoms with Gasteiger partial charge >= 0.3 is 0 Å². The number of rotatable bonds is 4. The predicted octanol–water partition coefficient (Wildman–Crippen LogP) is 2.67. The standard InChI is InChI=1S/C12H12ClN3O2S/c1-7(17)10-4-9(13)3-8(11(10)18)5-19-12-14-6-15-16(12)2/h3-4,6,18H,5H2,1-2H3. The number of aromatic nitrogens is 3. The zero-order valence-electron chi connectivity index (χ0n) is 10.4. The Labute approximate surface area is 119 Å². The molecule has 0 aliphatic rings. The van der Waals surface area contributed by atoms with Crippen LogP contribution in [0.4, 0.5) is 0 Å². The number of ketones is 1. The largest absolute Gasteiger partial charge is 0.507 e. The maximum absolute atomic E-state index is 11.4. The monoisotopic (exact) mass is 297 g/mol. The van der Waals surface area contributed by atoms with Gasteiger partial charge in [-0.05, 0) is 19.1 Å². The fourth-order valence-electron chi connectivity index (χ4n) is 1.59. The molecule has 0 atom stereocenters. The first-order valence-corrected chi connectivity index (χ1v) is 6.84. The lowest BCUT2D eigenvalue weighted by Crippen LogP contribution is -1.97. The van der Waals surface area contributed by atoms with Crippen LogP contribution in [0.1, 0.15) is 22.8 Å². The quantitative estimate of drug-likeness (QED) is 0.694. The molecule has 1 aromatic carbocycles. The van der Waals surface area contributed by atoms with Crippen LogP contribution in [-0.4, -0.2) is 25.7 Å². The average molecular weight is 298 g/mol. The summed E-state index contributed by atoms with van der Waals surface area (Å²) in [6.07, 6.45) is 1.46. The second-order valence-corrected chi connectivity index (χ2v) is 5.35. The van der Waals surface area contributed by atoms with Crippen LogP contribution in [0.15, 0.2) is 23.6 Å². The van der Waals surface area contributed by atoms with E-state index in [4.69, 9.17) is 11.6 Å². The number of phenolic OH excluding ortho intramolecular Hbond substituents is 1. The van der Waals surface area contributed by atoms with Crippen LogP contribution in [-0.2, 0) is 12.8 Å². The molecule has 1 heterocycles. The third-order valence-corrected chi connectivity index (χ3v) is 3.86. The van der Waals surface area contributed by atoms with Crippen molar-refractivity contribution in [3.8, 4) is 5.75 Å². The average Bonchev–Trinajstić information content (AvgIpc) is 2.75. The Morgan fingerprint density at radius 1 is 1.53 bits per heavy atom. The van der Waals surface area contributed by atoms with E-state index in [0.29, 0.717) is 16.3 Å². The van der Waals surface area contributed by atoms with E-state index in [1.807, 2.05) is 0 Å². The van der Waals surface area contributed by atoms with Crippen LogP contribution >= 0.6 is 23.4 Å². The minimum absolute atomic E-state index is 0.0217. The molecule has 0 bridgehead atoms. The normalized spacial score (nSPS) is 10.7. The lowest BCUT2D eigenvalue weighted by molar-refractivity contribution is 0.101. The van der Waals surface area contributed by atoms with Gasteiger partial charge in [0.25, 0.3) is 0 Å². The zero-order valence-corrected chi connectivity index (χ0v) is 12.0. The molecule has 1 aromatic heterocycles. The first kappa shape index (κ1) is 13.9. The minimum Gasteiger partial charge on any atom is -0.507 e. The Bertz CT molecular complexity index is 627. The summed E-state index contributed by atoms with van der Waals surface area (Å²) in [7, 11) is 1.79. The molecule has 2 aromatic rings. The number of hydrogen-bond donors (Lipinski definition) is 1. The lowest BCUT2D eigenvalue weighted by atomic mass is 10.1. The molecule has 5 nitrogen and oxygen atoms in total. The molecule has 0 spiro atoms. The van der Waals surface area contributed by atoms with Crippen molar-refractivity contribution in [1.29, 1.82) is 0 Å². The Balaban J connectivity index is 2.25. The third kappa shape index (κ3) is 3.08. The summed E-state index contributed by atoms with van der Waals surface area (Å²) < 4.78 is 1.64. The maximum Gasteiger partial charge on any atom is 0.186 e. The Morgan fingerprint density at radius 3 is 2.84 bits per heavy atom. The Morgan fingerprint density at radius 2 is 2.26 bits per heavy atom. The predicted molar refractivity (Wildman–Crippen MR) is 73.7 cm³/mol. The van der Waals surface area contributed by atoms with Crippen LogP contribution in [0.5, 0.6) is 5.75 Å². The van der Waals surface area contributed by atoms with Gasteiger partial charge in [0.1, 0.15) is 12.1 Å². The van der Waals surface area contributed by atoms with Gasteiger partial charge in [-0.25, -0.2) is 9.67 Å². The van der Waals surface area contributed by atoms with Gasteiger partial charge in [-0.2, -0.15) is 5.10 Å². The van der Waals surface area contributed by atoms with E-state index in [2.05, 4.69) is 10.1 Å². The highest BCUT2D eigenvalue weighted by atomic mass is 35.5. The number of halogens is 1. The smallest absolute Gasteiger partial charge is 0.186 e. The fraction of sp³-hybridized carbons (Fsp3) is 0.250. The number of phenols is 1. The molecule has 0 radical (unpaired) electrons. The van der Waals surface area contributed by atoms with Crippen molar-refractivity contribution < 1.29 is 9.90 Å². The second kappa shape index (κ2) is 5.63. The lowest BCUT2D eigenvalue weighted by Gasteiger charge is -2.08. The highest BCUT2D eigenvalue weighted by Crippen LogP contribution is 2.32. The summed E-state index contributed by atoms with van der Waals surface area (Å²) in [6, 6.07) is 3.11. The summed E-state index contributed by atoms with van der Waals surface area (Å²) in [5.41, 5.74) is 0.840. The highest BCUT2D eigenvalue weighted by molar-refractivity contribution is 7.98. The van der Waals surface area contributed by atoms with Gasteiger partial charge in [0.05, 0.1) is 5.56 Å². The number of Topliss-reactive ketones (excluding diaryl/α,β-unsaturated/α-hetero) is 1. The molecule has 0 fully saturated rings. The van der Waals surface area contributed by atoms with E-state index >= 15 is 0 Å². The molecule has 0 amide bonds. The summed E-state index contributed by atoms with van der Waals surface area (Å²) in [5, 5.41) is 15.2. The number of carbonyl (C=O) groups excluding carboxylic acids is 1. The zero-order chi connectivity index (χ0) is 14.0. The van der Waals surface area contributed by atoms with Gasteiger partial charge in [-0.1, -0.05) is 23.4 Å². The first-order chi connectivity index (χ1) is 8.99. The molecule has 2 rings (SSSR count). The Hall–Kier alpha value is -1.53. The maximum atomic E-state index is 11.4. The molecule has 100 valence electrons. The number of aryl methyl sites for hydroxylation is 1. The first-order valence-electron chi connectivity index (χ1n) is 5.48. The van der Waals surface area contributed by atoms with Gasteiger partial charge in [-0.15, -0.1) is 0 Å². The molecule has 7 heteroatoms. The summed E-state index contributed by atoms with van der Waals surface area (Å²) >= 11 is 7.36. The van der Waals surface area contributed by atoms with Crippen molar-refractivity contribution in [3.63, 3.8) is 0 Å². The summed E-state index contributed by atoms with van der Waals surface area (Å²) in [5.74, 6) is 0.218. The van der Waals surface area contributed by atoms with E-state index in [0.717, 1.165) is 5.16 Å². The van der Waals surface area contributed by atoms with Crippen molar-refractivity contribution in [3.05, 3.63) is 34.6 Å².